The molecule has 0 saturated carbocycles. The van der Waals surface area contributed by atoms with E-state index in [1.54, 1.807) is 19.1 Å². The van der Waals surface area contributed by atoms with Crippen molar-refractivity contribution in [1.29, 1.82) is 0 Å². The Hall–Kier alpha value is -1.83. The van der Waals surface area contributed by atoms with Crippen molar-refractivity contribution < 1.29 is 19.1 Å². The molecule has 8 heteroatoms. The third-order valence-electron chi connectivity index (χ3n) is 4.08. The van der Waals surface area contributed by atoms with Crippen LogP contribution in [0.2, 0.25) is 5.02 Å². The van der Waals surface area contributed by atoms with Gasteiger partial charge in [-0.1, -0.05) is 31.5 Å². The second-order valence-electron chi connectivity index (χ2n) is 5.84. The Morgan fingerprint density at radius 2 is 1.93 bits per heavy atom. The molecule has 0 radical (unpaired) electrons. The minimum absolute atomic E-state index is 0.247. The number of hydrogen-bond donors (Lipinski definition) is 1. The monoisotopic (exact) mass is 412 g/mol. The maximum absolute atomic E-state index is 12.5. The summed E-state index contributed by atoms with van der Waals surface area (Å²) in [5, 5.41) is 4.27. The van der Waals surface area contributed by atoms with Crippen LogP contribution < -0.4 is 10.1 Å². The molecule has 1 aromatic heterocycles. The SMILES string of the molecule is CCOC(=O)c1c(NC(C)=O)sc2c(OCCN(CC)CC)c(Cl)ccc12. The number of amides is 1. The third kappa shape index (κ3) is 5.12. The molecule has 2 aromatic rings. The average molecular weight is 413 g/mol. The summed E-state index contributed by atoms with van der Waals surface area (Å²) in [6, 6.07) is 3.45. The van der Waals surface area contributed by atoms with Gasteiger partial charge in [-0.25, -0.2) is 4.79 Å². The molecule has 0 fully saturated rings. The number of anilines is 1. The first-order valence-electron chi connectivity index (χ1n) is 8.97. The fourth-order valence-corrected chi connectivity index (χ4v) is 4.22. The summed E-state index contributed by atoms with van der Waals surface area (Å²) in [5.41, 5.74) is 0.331. The van der Waals surface area contributed by atoms with Gasteiger partial charge in [-0.2, -0.15) is 0 Å². The van der Waals surface area contributed by atoms with Gasteiger partial charge in [0.05, 0.1) is 16.3 Å². The van der Waals surface area contributed by atoms with Crippen LogP contribution in [0.3, 0.4) is 0 Å². The molecule has 0 aliphatic rings. The third-order valence-corrected chi connectivity index (χ3v) is 5.50. The molecular formula is C19H25ClN2O4S. The summed E-state index contributed by atoms with van der Waals surface area (Å²) in [6.45, 7) is 10.7. The predicted octanol–water partition coefficient (Wildman–Crippen LogP) is 4.41. The van der Waals surface area contributed by atoms with Crippen molar-refractivity contribution in [2.75, 3.05) is 38.2 Å². The van der Waals surface area contributed by atoms with E-state index in [2.05, 4.69) is 24.1 Å². The molecule has 0 aliphatic carbocycles. The van der Waals surface area contributed by atoms with Gasteiger partial charge in [0.2, 0.25) is 5.91 Å². The van der Waals surface area contributed by atoms with E-state index in [1.807, 2.05) is 0 Å². The van der Waals surface area contributed by atoms with Gasteiger partial charge in [0.25, 0.3) is 0 Å². The number of carbonyl (C=O) groups excluding carboxylic acids is 2. The van der Waals surface area contributed by atoms with Crippen LogP contribution >= 0.6 is 22.9 Å². The van der Waals surface area contributed by atoms with E-state index in [4.69, 9.17) is 21.1 Å². The molecule has 2 rings (SSSR count). The fraction of sp³-hybridized carbons (Fsp3) is 0.474. The number of hydrogen-bond acceptors (Lipinski definition) is 6. The average Bonchev–Trinajstić information content (AvgIpc) is 2.98. The molecule has 0 atom stereocenters. The Bertz CT molecular complexity index is 818. The Morgan fingerprint density at radius 3 is 2.52 bits per heavy atom. The van der Waals surface area contributed by atoms with Gasteiger partial charge in [0.1, 0.15) is 17.2 Å². The van der Waals surface area contributed by atoms with Crippen LogP contribution in [-0.2, 0) is 9.53 Å². The van der Waals surface area contributed by atoms with Crippen molar-refractivity contribution in [2.24, 2.45) is 0 Å². The fourth-order valence-electron chi connectivity index (χ4n) is 2.72. The minimum Gasteiger partial charge on any atom is -0.489 e. The number of nitrogens with zero attached hydrogens (tertiary/aromatic N) is 1. The molecule has 1 amide bonds. The lowest BCUT2D eigenvalue weighted by Gasteiger charge is -2.18. The Balaban J connectivity index is 2.44. The van der Waals surface area contributed by atoms with Crippen LogP contribution in [0.15, 0.2) is 12.1 Å². The lowest BCUT2D eigenvalue weighted by molar-refractivity contribution is -0.114. The highest BCUT2D eigenvalue weighted by molar-refractivity contribution is 7.24. The molecule has 6 nitrogen and oxygen atoms in total. The Morgan fingerprint density at radius 1 is 1.22 bits per heavy atom. The van der Waals surface area contributed by atoms with Gasteiger partial charge in [0.15, 0.2) is 5.75 Å². The van der Waals surface area contributed by atoms with Crippen LogP contribution in [-0.4, -0.2) is 49.6 Å². The zero-order chi connectivity index (χ0) is 20.0. The number of ether oxygens (including phenoxy) is 2. The molecule has 0 aliphatic heterocycles. The number of carbonyl (C=O) groups is 2. The second-order valence-corrected chi connectivity index (χ2v) is 7.26. The van der Waals surface area contributed by atoms with Gasteiger partial charge in [0, 0.05) is 18.9 Å². The number of thiophene rings is 1. The summed E-state index contributed by atoms with van der Waals surface area (Å²) in [5.74, 6) is -0.223. The summed E-state index contributed by atoms with van der Waals surface area (Å²) in [4.78, 5) is 26.3. The zero-order valence-electron chi connectivity index (χ0n) is 16.1. The molecule has 27 heavy (non-hydrogen) atoms. The van der Waals surface area contributed by atoms with Gasteiger partial charge in [-0.05, 0) is 26.1 Å². The molecule has 148 valence electrons. The van der Waals surface area contributed by atoms with Crippen molar-refractivity contribution in [2.45, 2.75) is 27.7 Å². The molecule has 0 bridgehead atoms. The van der Waals surface area contributed by atoms with E-state index in [0.717, 1.165) is 19.6 Å². The molecule has 0 saturated heterocycles. The normalized spacial score (nSPS) is 11.0. The number of benzene rings is 1. The minimum atomic E-state index is -0.482. The lowest BCUT2D eigenvalue weighted by atomic mass is 10.1. The summed E-state index contributed by atoms with van der Waals surface area (Å²) < 4.78 is 11.9. The highest BCUT2D eigenvalue weighted by Gasteiger charge is 2.24. The van der Waals surface area contributed by atoms with Crippen LogP contribution in [0.4, 0.5) is 5.00 Å². The van der Waals surface area contributed by atoms with Crippen molar-refractivity contribution in [3.63, 3.8) is 0 Å². The van der Waals surface area contributed by atoms with E-state index >= 15 is 0 Å². The maximum Gasteiger partial charge on any atom is 0.341 e. The first-order valence-corrected chi connectivity index (χ1v) is 10.2. The Labute approximate surface area is 168 Å². The van der Waals surface area contributed by atoms with Crippen molar-refractivity contribution in [3.05, 3.63) is 22.7 Å². The molecule has 1 aromatic carbocycles. The Kier molecular flexibility index (Phi) is 7.89. The predicted molar refractivity (Wildman–Crippen MR) is 110 cm³/mol. The van der Waals surface area contributed by atoms with E-state index in [1.165, 1.54) is 18.3 Å². The van der Waals surface area contributed by atoms with Crippen LogP contribution in [0.1, 0.15) is 38.1 Å². The number of fused-ring (bicyclic) bond motifs is 1. The topological polar surface area (TPSA) is 67.9 Å². The van der Waals surface area contributed by atoms with Crippen LogP contribution in [0.25, 0.3) is 10.1 Å². The van der Waals surface area contributed by atoms with E-state index < -0.39 is 5.97 Å². The van der Waals surface area contributed by atoms with Gasteiger partial charge in [-0.15, -0.1) is 11.3 Å². The first kappa shape index (κ1) is 21.5. The van der Waals surface area contributed by atoms with Gasteiger partial charge < -0.3 is 19.7 Å². The summed E-state index contributed by atoms with van der Waals surface area (Å²) >= 11 is 7.62. The highest BCUT2D eigenvalue weighted by atomic mass is 35.5. The summed E-state index contributed by atoms with van der Waals surface area (Å²) in [6.07, 6.45) is 0. The van der Waals surface area contributed by atoms with Crippen LogP contribution in [0.5, 0.6) is 5.75 Å². The number of rotatable bonds is 9. The van der Waals surface area contributed by atoms with Crippen molar-refractivity contribution >= 4 is 49.9 Å². The number of likely N-dealkylation sites (N-methyl/N-ethyl adjacent to an activating group) is 1. The number of nitrogens with one attached hydrogen (secondary N) is 1. The highest BCUT2D eigenvalue weighted by Crippen LogP contribution is 2.44. The quantitative estimate of drug-likeness (QED) is 0.618. The van der Waals surface area contributed by atoms with Crippen molar-refractivity contribution in [3.8, 4) is 5.75 Å². The first-order chi connectivity index (χ1) is 12.9. The largest absolute Gasteiger partial charge is 0.489 e. The lowest BCUT2D eigenvalue weighted by Crippen LogP contribution is -2.27. The molecular weight excluding hydrogens is 388 g/mol. The van der Waals surface area contributed by atoms with E-state index in [9.17, 15) is 9.59 Å². The zero-order valence-corrected chi connectivity index (χ0v) is 17.6. The van der Waals surface area contributed by atoms with Crippen molar-refractivity contribution in [1.82, 2.24) is 4.90 Å². The van der Waals surface area contributed by atoms with Gasteiger partial charge in [-0.3, -0.25) is 4.79 Å². The molecule has 0 unspecified atom stereocenters. The number of halogens is 1. The van der Waals surface area contributed by atoms with E-state index in [-0.39, 0.29) is 12.5 Å². The summed E-state index contributed by atoms with van der Waals surface area (Å²) in [7, 11) is 0. The molecule has 1 N–H and O–H groups in total. The maximum atomic E-state index is 12.5. The number of esters is 1. The molecule has 1 heterocycles. The molecule has 0 spiro atoms. The standard InChI is InChI=1S/C19H25ClN2O4S/c1-5-22(6-2)10-11-26-16-14(20)9-8-13-15(19(24)25-7-3)18(21-12(4)23)27-17(13)16/h8-9H,5-7,10-11H2,1-4H3,(H,21,23). The second kappa shape index (κ2) is 9.92. The van der Waals surface area contributed by atoms with Crippen LogP contribution in [0, 0.1) is 0 Å². The van der Waals surface area contributed by atoms with E-state index in [0.29, 0.717) is 38.0 Å². The smallest absolute Gasteiger partial charge is 0.341 e. The van der Waals surface area contributed by atoms with Gasteiger partial charge >= 0.3 is 5.97 Å².